The minimum absolute atomic E-state index is 0.0618. The molecule has 0 unspecified atom stereocenters. The third kappa shape index (κ3) is 2.93. The molecule has 1 N–H and O–H groups in total. The zero-order chi connectivity index (χ0) is 17.3. The molecule has 0 radical (unpaired) electrons. The van der Waals surface area contributed by atoms with E-state index in [2.05, 4.69) is 27.6 Å². The van der Waals surface area contributed by atoms with Gasteiger partial charge in [-0.25, -0.2) is 4.68 Å². The van der Waals surface area contributed by atoms with Crippen molar-refractivity contribution in [2.24, 2.45) is 0 Å². The molecule has 0 saturated heterocycles. The molecule has 0 atom stereocenters. The van der Waals surface area contributed by atoms with Crippen molar-refractivity contribution >= 4 is 34.3 Å². The van der Waals surface area contributed by atoms with Crippen molar-refractivity contribution in [2.45, 2.75) is 0 Å². The Bertz CT molecular complexity index is 1080. The van der Waals surface area contributed by atoms with Gasteiger partial charge in [-0.1, -0.05) is 30.8 Å². The highest BCUT2D eigenvalue weighted by atomic mass is 79.9. The van der Waals surface area contributed by atoms with Crippen LogP contribution >= 0.6 is 15.9 Å². The summed E-state index contributed by atoms with van der Waals surface area (Å²) in [5.41, 5.74) is 0.907. The van der Waals surface area contributed by atoms with Gasteiger partial charge in [-0.3, -0.25) is 20.0 Å². The van der Waals surface area contributed by atoms with E-state index in [-0.39, 0.29) is 11.2 Å². The van der Waals surface area contributed by atoms with Crippen LogP contribution in [-0.2, 0) is 0 Å². The van der Waals surface area contributed by atoms with Gasteiger partial charge in [0.05, 0.1) is 25.7 Å². The van der Waals surface area contributed by atoms with Crippen LogP contribution in [0.5, 0.6) is 0 Å². The number of hydrogen-bond donors (Lipinski definition) is 1. The molecule has 0 amide bonds. The van der Waals surface area contributed by atoms with Gasteiger partial charge in [0.25, 0.3) is 11.2 Å². The highest BCUT2D eigenvalue weighted by molar-refractivity contribution is 9.10. The van der Waals surface area contributed by atoms with E-state index in [1.54, 1.807) is 30.3 Å². The Morgan fingerprint density at radius 1 is 1.21 bits per heavy atom. The van der Waals surface area contributed by atoms with E-state index in [1.165, 1.54) is 10.7 Å². The molecule has 120 valence electrons. The topological polar surface area (TPSA) is 80.9 Å². The van der Waals surface area contributed by atoms with Crippen LogP contribution < -0.4 is 16.1 Å². The van der Waals surface area contributed by atoms with Gasteiger partial charge in [0.2, 0.25) is 0 Å². The number of benzene rings is 2. The van der Waals surface area contributed by atoms with Crippen LogP contribution in [0.25, 0.3) is 18.3 Å². The van der Waals surface area contributed by atoms with Crippen LogP contribution in [-0.4, -0.2) is 14.7 Å². The number of para-hydroxylation sites is 1. The summed E-state index contributed by atoms with van der Waals surface area (Å²) in [5.74, 6) is 0. The van der Waals surface area contributed by atoms with Crippen molar-refractivity contribution in [1.82, 2.24) is 9.78 Å². The molecule has 0 aliphatic rings. The van der Waals surface area contributed by atoms with Gasteiger partial charge >= 0.3 is 0 Å². The van der Waals surface area contributed by atoms with E-state index in [4.69, 9.17) is 0 Å². The summed E-state index contributed by atoms with van der Waals surface area (Å²) in [7, 11) is 0. The summed E-state index contributed by atoms with van der Waals surface area (Å²) in [4.78, 5) is 23.1. The van der Waals surface area contributed by atoms with Gasteiger partial charge in [-0.2, -0.15) is 0 Å². The monoisotopic (exact) mass is 385 g/mol. The summed E-state index contributed by atoms with van der Waals surface area (Å²) in [6.07, 6.45) is 1.58. The lowest BCUT2D eigenvalue weighted by Crippen LogP contribution is -2.33. The van der Waals surface area contributed by atoms with Gasteiger partial charge in [-0.15, -0.1) is 0 Å². The van der Waals surface area contributed by atoms with Crippen molar-refractivity contribution in [3.63, 3.8) is 0 Å². The first-order valence-electron chi connectivity index (χ1n) is 6.98. The number of nitro benzene ring substituents is 1. The summed E-state index contributed by atoms with van der Waals surface area (Å²) >= 11 is 3.14. The number of nitrogens with one attached hydrogen (secondary N) is 1. The second-order valence-corrected chi connectivity index (χ2v) is 5.95. The quantitative estimate of drug-likeness (QED) is 0.553. The first-order valence-corrected chi connectivity index (χ1v) is 7.78. The van der Waals surface area contributed by atoms with Crippen molar-refractivity contribution in [3.8, 4) is 5.69 Å². The smallest absolute Gasteiger partial charge is 0.284 e. The second-order valence-electron chi connectivity index (χ2n) is 5.09. The van der Waals surface area contributed by atoms with E-state index < -0.39 is 4.92 Å². The maximum Gasteiger partial charge on any atom is 0.284 e. The third-order valence-corrected chi connectivity index (χ3v) is 4.17. The van der Waals surface area contributed by atoms with Crippen LogP contribution in [0.4, 0.5) is 5.69 Å². The predicted octanol–water partition coefficient (Wildman–Crippen LogP) is 2.08. The second kappa shape index (κ2) is 6.29. The Hall–Kier alpha value is -2.93. The Balaban J connectivity index is 2.18. The van der Waals surface area contributed by atoms with Crippen molar-refractivity contribution in [1.29, 1.82) is 0 Å². The lowest BCUT2D eigenvalue weighted by atomic mass is 10.2. The average molecular weight is 386 g/mol. The average Bonchev–Trinajstić information content (AvgIpc) is 2.85. The van der Waals surface area contributed by atoms with Gasteiger partial charge in [-0.05, 0) is 45.8 Å². The fraction of sp³-hybridized carbons (Fsp3) is 0. The molecule has 6 nitrogen and oxygen atoms in total. The number of halogens is 1. The Morgan fingerprint density at radius 2 is 1.92 bits per heavy atom. The van der Waals surface area contributed by atoms with Crippen LogP contribution in [0.15, 0.2) is 57.8 Å². The van der Waals surface area contributed by atoms with Crippen molar-refractivity contribution in [2.75, 3.05) is 0 Å². The molecule has 7 heteroatoms. The molecule has 3 aromatic rings. The summed E-state index contributed by atoms with van der Waals surface area (Å²) in [6, 6.07) is 13.8. The van der Waals surface area contributed by atoms with Crippen molar-refractivity contribution < 1.29 is 4.92 Å². The zero-order valence-electron chi connectivity index (χ0n) is 12.4. The van der Waals surface area contributed by atoms with E-state index in [1.807, 2.05) is 18.2 Å². The minimum Gasteiger partial charge on any atom is -0.291 e. The molecule has 0 aliphatic carbocycles. The highest BCUT2D eigenvalue weighted by Gasteiger charge is 2.12. The van der Waals surface area contributed by atoms with E-state index >= 15 is 0 Å². The molecule has 24 heavy (non-hydrogen) atoms. The van der Waals surface area contributed by atoms with E-state index in [0.29, 0.717) is 26.3 Å². The lowest BCUT2D eigenvalue weighted by Gasteiger charge is -1.99. The number of aromatic amines is 1. The maximum absolute atomic E-state index is 12.6. The molecule has 0 saturated carbocycles. The molecule has 0 fully saturated rings. The van der Waals surface area contributed by atoms with E-state index in [9.17, 15) is 14.9 Å². The van der Waals surface area contributed by atoms with Crippen LogP contribution in [0.2, 0.25) is 0 Å². The fourth-order valence-electron chi connectivity index (χ4n) is 2.33. The Labute approximate surface area is 144 Å². The minimum atomic E-state index is -0.480. The van der Waals surface area contributed by atoms with Crippen molar-refractivity contribution in [3.05, 3.63) is 89.6 Å². The number of H-pyrrole nitrogens is 1. The molecular weight excluding hydrogens is 374 g/mol. The maximum atomic E-state index is 12.6. The highest BCUT2D eigenvalue weighted by Crippen LogP contribution is 2.25. The number of nitro groups is 1. The number of rotatable bonds is 3. The number of nitrogens with zero attached hydrogens (tertiary/aromatic N) is 2. The SMILES string of the molecule is C=c1[nH]n(-c2ccccc2)c(=O)/c1=C\c1ccc(Br)c([N+](=O)[O-])c1. The standard InChI is InChI=1S/C17H12BrN3O3/c1-11-14(9-12-7-8-15(18)16(10-12)21(23)24)17(22)20(19-11)13-5-3-2-4-6-13/h2-10,19H,1H2/b14-9-. The van der Waals surface area contributed by atoms with Gasteiger partial charge < -0.3 is 0 Å². The number of hydrogen-bond acceptors (Lipinski definition) is 3. The molecule has 2 aromatic carbocycles. The first-order chi connectivity index (χ1) is 11.5. The lowest BCUT2D eigenvalue weighted by molar-refractivity contribution is -0.385. The van der Waals surface area contributed by atoms with Crippen LogP contribution in [0.1, 0.15) is 5.56 Å². The Morgan fingerprint density at radius 3 is 2.58 bits per heavy atom. The largest absolute Gasteiger partial charge is 0.291 e. The molecule has 1 heterocycles. The van der Waals surface area contributed by atoms with Crippen LogP contribution in [0, 0.1) is 10.1 Å². The summed E-state index contributed by atoms with van der Waals surface area (Å²) in [6.45, 7) is 3.85. The Kier molecular flexibility index (Phi) is 4.18. The molecular formula is C17H12BrN3O3. The number of aromatic nitrogens is 2. The molecule has 0 aliphatic heterocycles. The summed E-state index contributed by atoms with van der Waals surface area (Å²) < 4.78 is 1.77. The third-order valence-electron chi connectivity index (χ3n) is 3.50. The van der Waals surface area contributed by atoms with Crippen LogP contribution in [0.3, 0.4) is 0 Å². The molecule has 0 bridgehead atoms. The van der Waals surface area contributed by atoms with Gasteiger partial charge in [0.1, 0.15) is 0 Å². The summed E-state index contributed by atoms with van der Waals surface area (Å²) in [5, 5.41) is 14.7. The fourth-order valence-corrected chi connectivity index (χ4v) is 2.72. The molecule has 0 spiro atoms. The van der Waals surface area contributed by atoms with Gasteiger partial charge in [0.15, 0.2) is 0 Å². The zero-order valence-corrected chi connectivity index (χ0v) is 14.0. The molecule has 3 rings (SSSR count). The van der Waals surface area contributed by atoms with E-state index in [0.717, 1.165) is 0 Å². The van der Waals surface area contributed by atoms with Gasteiger partial charge in [0, 0.05) is 6.07 Å². The predicted molar refractivity (Wildman–Crippen MR) is 95.5 cm³/mol. The first kappa shape index (κ1) is 15.9. The normalized spacial score (nSPS) is 11.6. The molecule has 1 aromatic heterocycles.